The first-order chi connectivity index (χ1) is 14.2. The third kappa shape index (κ3) is 4.11. The summed E-state index contributed by atoms with van der Waals surface area (Å²) in [4.78, 5) is 15.2. The molecule has 11 heteroatoms. The minimum Gasteiger partial charge on any atom is -0.479 e. The summed E-state index contributed by atoms with van der Waals surface area (Å²) >= 11 is 6.00. The van der Waals surface area contributed by atoms with Crippen LogP contribution in [0.25, 0.3) is 11.0 Å². The van der Waals surface area contributed by atoms with Crippen LogP contribution < -0.4 is 4.74 Å². The standard InChI is InChI=1S/C19H21ClN4O5S/c1-4-23(5-2)30(27,28)14-7-9-18(17(11-14)24(25)26)29-12-19-21-15-10-13(20)6-8-16(15)22(19)3/h6-11H,4-5,12H2,1-3H3. The number of nitrogens with zero attached hydrogens (tertiary/aromatic N) is 4. The monoisotopic (exact) mass is 452 g/mol. The zero-order valence-corrected chi connectivity index (χ0v) is 18.3. The number of hydrogen-bond donors (Lipinski definition) is 0. The van der Waals surface area contributed by atoms with Crippen molar-refractivity contribution in [1.82, 2.24) is 13.9 Å². The van der Waals surface area contributed by atoms with E-state index in [4.69, 9.17) is 16.3 Å². The molecule has 2 aromatic carbocycles. The van der Waals surface area contributed by atoms with E-state index in [-0.39, 0.29) is 30.3 Å². The SMILES string of the molecule is CCN(CC)S(=O)(=O)c1ccc(OCc2nc3cc(Cl)ccc3n2C)c([N+](=O)[O-])c1. The minimum absolute atomic E-state index is 0.0359. The number of halogens is 1. The number of aromatic nitrogens is 2. The summed E-state index contributed by atoms with van der Waals surface area (Å²) in [6.45, 7) is 3.91. The van der Waals surface area contributed by atoms with Crippen molar-refractivity contribution < 1.29 is 18.1 Å². The number of aryl methyl sites for hydroxylation is 1. The fourth-order valence-corrected chi connectivity index (χ4v) is 4.77. The van der Waals surface area contributed by atoms with Crippen LogP contribution in [0.2, 0.25) is 5.02 Å². The normalized spacial score (nSPS) is 11.9. The molecule has 0 atom stereocenters. The molecule has 0 amide bonds. The van der Waals surface area contributed by atoms with Gasteiger partial charge in [0.15, 0.2) is 5.75 Å². The zero-order valence-electron chi connectivity index (χ0n) is 16.7. The molecule has 9 nitrogen and oxygen atoms in total. The molecule has 0 radical (unpaired) electrons. The van der Waals surface area contributed by atoms with Crippen LogP contribution in [0.1, 0.15) is 19.7 Å². The van der Waals surface area contributed by atoms with Gasteiger partial charge in [0.05, 0.1) is 20.9 Å². The van der Waals surface area contributed by atoms with E-state index >= 15 is 0 Å². The average molecular weight is 453 g/mol. The molecule has 30 heavy (non-hydrogen) atoms. The lowest BCUT2D eigenvalue weighted by Gasteiger charge is -2.18. The number of rotatable bonds is 8. The lowest BCUT2D eigenvalue weighted by atomic mass is 10.3. The maximum Gasteiger partial charge on any atom is 0.312 e. The maximum absolute atomic E-state index is 12.7. The summed E-state index contributed by atoms with van der Waals surface area (Å²) in [6.07, 6.45) is 0. The number of hydrogen-bond acceptors (Lipinski definition) is 6. The van der Waals surface area contributed by atoms with Crippen molar-refractivity contribution in [3.05, 3.63) is 57.4 Å². The van der Waals surface area contributed by atoms with Crippen LogP contribution in [0.4, 0.5) is 5.69 Å². The summed E-state index contributed by atoms with van der Waals surface area (Å²) in [7, 11) is -2.02. The second kappa shape index (κ2) is 8.58. The van der Waals surface area contributed by atoms with Gasteiger partial charge < -0.3 is 9.30 Å². The van der Waals surface area contributed by atoms with E-state index in [1.54, 1.807) is 37.6 Å². The van der Waals surface area contributed by atoms with Gasteiger partial charge in [0.25, 0.3) is 0 Å². The minimum atomic E-state index is -3.82. The van der Waals surface area contributed by atoms with Crippen molar-refractivity contribution >= 4 is 38.3 Å². The van der Waals surface area contributed by atoms with E-state index in [2.05, 4.69) is 4.98 Å². The third-order valence-electron chi connectivity index (χ3n) is 4.76. The molecule has 0 spiro atoms. The molecule has 0 saturated heterocycles. The highest BCUT2D eigenvalue weighted by Crippen LogP contribution is 2.31. The number of ether oxygens (including phenoxy) is 1. The van der Waals surface area contributed by atoms with Gasteiger partial charge in [-0.15, -0.1) is 0 Å². The highest BCUT2D eigenvalue weighted by Gasteiger charge is 2.26. The Balaban J connectivity index is 1.92. The molecule has 0 fully saturated rings. The molecule has 0 unspecified atom stereocenters. The fourth-order valence-electron chi connectivity index (χ4n) is 3.13. The van der Waals surface area contributed by atoms with Crippen LogP contribution in [0, 0.1) is 10.1 Å². The van der Waals surface area contributed by atoms with E-state index in [1.807, 2.05) is 6.07 Å². The Morgan fingerprint density at radius 2 is 1.90 bits per heavy atom. The molecular formula is C19H21ClN4O5S. The van der Waals surface area contributed by atoms with Gasteiger partial charge in [-0.25, -0.2) is 13.4 Å². The topological polar surface area (TPSA) is 108 Å². The molecule has 1 aromatic heterocycles. The number of imidazole rings is 1. The Kier molecular flexibility index (Phi) is 6.30. The van der Waals surface area contributed by atoms with Crippen molar-refractivity contribution in [2.45, 2.75) is 25.3 Å². The Labute approximate surface area is 179 Å². The van der Waals surface area contributed by atoms with Crippen LogP contribution >= 0.6 is 11.6 Å². The Morgan fingerprint density at radius 1 is 1.20 bits per heavy atom. The molecule has 0 bridgehead atoms. The van der Waals surface area contributed by atoms with Crippen LogP contribution in [0.15, 0.2) is 41.3 Å². The molecule has 0 aliphatic carbocycles. The van der Waals surface area contributed by atoms with E-state index in [1.165, 1.54) is 16.4 Å². The first kappa shape index (κ1) is 22.0. The Hall–Kier alpha value is -2.69. The number of nitro benzene ring substituents is 1. The largest absolute Gasteiger partial charge is 0.479 e. The van der Waals surface area contributed by atoms with Gasteiger partial charge in [0.1, 0.15) is 12.4 Å². The molecule has 160 valence electrons. The quantitative estimate of drug-likeness (QED) is 0.380. The van der Waals surface area contributed by atoms with Gasteiger partial charge in [-0.3, -0.25) is 10.1 Å². The summed E-state index contributed by atoms with van der Waals surface area (Å²) in [6, 6.07) is 8.92. The number of nitro groups is 1. The number of fused-ring (bicyclic) bond motifs is 1. The molecule has 0 aliphatic rings. The van der Waals surface area contributed by atoms with Gasteiger partial charge in [0, 0.05) is 31.2 Å². The molecule has 0 aliphatic heterocycles. The van der Waals surface area contributed by atoms with E-state index < -0.39 is 20.6 Å². The number of benzene rings is 2. The van der Waals surface area contributed by atoms with Crippen LogP contribution in [-0.2, 0) is 23.7 Å². The summed E-state index contributed by atoms with van der Waals surface area (Å²) < 4.78 is 34.0. The van der Waals surface area contributed by atoms with Gasteiger partial charge in [-0.1, -0.05) is 25.4 Å². The van der Waals surface area contributed by atoms with Crippen LogP contribution in [0.3, 0.4) is 0 Å². The van der Waals surface area contributed by atoms with E-state index in [0.717, 1.165) is 11.6 Å². The Bertz CT molecular complexity index is 1210. The van der Waals surface area contributed by atoms with Crippen molar-refractivity contribution in [3.8, 4) is 5.75 Å². The molecule has 3 rings (SSSR count). The lowest BCUT2D eigenvalue weighted by molar-refractivity contribution is -0.386. The van der Waals surface area contributed by atoms with Crippen molar-refractivity contribution in [2.75, 3.05) is 13.1 Å². The van der Waals surface area contributed by atoms with Crippen LogP contribution in [0.5, 0.6) is 5.75 Å². The van der Waals surface area contributed by atoms with Gasteiger partial charge in [0.2, 0.25) is 10.0 Å². The van der Waals surface area contributed by atoms with Crippen molar-refractivity contribution in [1.29, 1.82) is 0 Å². The highest BCUT2D eigenvalue weighted by molar-refractivity contribution is 7.89. The number of sulfonamides is 1. The third-order valence-corrected chi connectivity index (χ3v) is 7.04. The first-order valence-electron chi connectivity index (χ1n) is 9.21. The molecule has 3 aromatic rings. The molecule has 0 saturated carbocycles. The first-order valence-corrected chi connectivity index (χ1v) is 11.0. The lowest BCUT2D eigenvalue weighted by Crippen LogP contribution is -2.30. The van der Waals surface area contributed by atoms with Gasteiger partial charge in [-0.2, -0.15) is 4.31 Å². The second-order valence-electron chi connectivity index (χ2n) is 6.48. The Morgan fingerprint density at radius 3 is 2.53 bits per heavy atom. The fraction of sp³-hybridized carbons (Fsp3) is 0.316. The highest BCUT2D eigenvalue weighted by atomic mass is 35.5. The van der Waals surface area contributed by atoms with Gasteiger partial charge in [-0.05, 0) is 30.3 Å². The summed E-state index contributed by atoms with van der Waals surface area (Å²) in [5.74, 6) is 0.505. The summed E-state index contributed by atoms with van der Waals surface area (Å²) in [5, 5.41) is 12.1. The van der Waals surface area contributed by atoms with Crippen molar-refractivity contribution in [2.24, 2.45) is 7.05 Å². The smallest absolute Gasteiger partial charge is 0.312 e. The summed E-state index contributed by atoms with van der Waals surface area (Å²) in [5.41, 5.74) is 1.09. The maximum atomic E-state index is 12.7. The van der Waals surface area contributed by atoms with Crippen molar-refractivity contribution in [3.63, 3.8) is 0 Å². The van der Waals surface area contributed by atoms with Crippen LogP contribution in [-0.4, -0.2) is 40.3 Å². The molecular weight excluding hydrogens is 432 g/mol. The van der Waals surface area contributed by atoms with E-state index in [9.17, 15) is 18.5 Å². The predicted molar refractivity (Wildman–Crippen MR) is 113 cm³/mol. The zero-order chi connectivity index (χ0) is 22.1. The second-order valence-corrected chi connectivity index (χ2v) is 8.86. The molecule has 0 N–H and O–H groups in total. The van der Waals surface area contributed by atoms with E-state index in [0.29, 0.717) is 16.4 Å². The predicted octanol–water partition coefficient (Wildman–Crippen LogP) is 3.74. The molecule has 1 heterocycles. The van der Waals surface area contributed by atoms with Gasteiger partial charge >= 0.3 is 5.69 Å². The average Bonchev–Trinajstić information content (AvgIpc) is 3.01.